The van der Waals surface area contributed by atoms with Crippen LogP contribution in [0.2, 0.25) is 0 Å². The number of halogens is 1. The second-order valence-corrected chi connectivity index (χ2v) is 6.97. The summed E-state index contributed by atoms with van der Waals surface area (Å²) in [6.45, 7) is 1.79. The van der Waals surface area contributed by atoms with Gasteiger partial charge in [0.25, 0.3) is 0 Å². The van der Waals surface area contributed by atoms with Crippen molar-refractivity contribution in [1.29, 1.82) is 0 Å². The molecule has 3 aromatic heterocycles. The third-order valence-electron chi connectivity index (χ3n) is 5.14. The minimum absolute atomic E-state index is 0.140. The Balaban J connectivity index is 1.56. The van der Waals surface area contributed by atoms with Gasteiger partial charge >= 0.3 is 0 Å². The number of nitrogen functional groups attached to an aromatic ring is 1. The minimum atomic E-state index is -0.410. The molecule has 0 spiro atoms. The molecule has 1 aromatic carbocycles. The van der Waals surface area contributed by atoms with Crippen LogP contribution in [0.3, 0.4) is 0 Å². The molecule has 8 nitrogen and oxygen atoms in total. The zero-order valence-corrected chi connectivity index (χ0v) is 14.9. The van der Waals surface area contributed by atoms with Crippen LogP contribution in [0.15, 0.2) is 30.6 Å². The first-order valence-electron chi connectivity index (χ1n) is 8.94. The number of rotatable bonds is 2. The molecule has 0 amide bonds. The molecule has 1 fully saturated rings. The van der Waals surface area contributed by atoms with E-state index in [1.165, 1.54) is 10.6 Å². The minimum Gasteiger partial charge on any atom is -0.368 e. The third-order valence-corrected chi connectivity index (χ3v) is 5.14. The predicted octanol–water partition coefficient (Wildman–Crippen LogP) is 2.12. The first-order chi connectivity index (χ1) is 13.1. The van der Waals surface area contributed by atoms with Gasteiger partial charge in [0, 0.05) is 37.6 Å². The highest BCUT2D eigenvalue weighted by Gasteiger charge is 2.26. The summed E-state index contributed by atoms with van der Waals surface area (Å²) < 4.78 is 17.4. The Labute approximate surface area is 154 Å². The predicted molar refractivity (Wildman–Crippen MR) is 100 cm³/mol. The number of aromatic nitrogens is 6. The van der Waals surface area contributed by atoms with Crippen LogP contribution in [-0.2, 0) is 7.05 Å². The van der Waals surface area contributed by atoms with E-state index in [1.54, 1.807) is 16.8 Å². The highest BCUT2D eigenvalue weighted by atomic mass is 19.1. The van der Waals surface area contributed by atoms with Crippen molar-refractivity contribution in [3.63, 3.8) is 0 Å². The molecule has 0 radical (unpaired) electrons. The van der Waals surface area contributed by atoms with Gasteiger partial charge in [0.15, 0.2) is 11.5 Å². The van der Waals surface area contributed by atoms with Crippen molar-refractivity contribution in [2.24, 2.45) is 7.05 Å². The van der Waals surface area contributed by atoms with E-state index >= 15 is 0 Å². The first kappa shape index (κ1) is 16.0. The van der Waals surface area contributed by atoms with Gasteiger partial charge in [-0.05, 0) is 25.0 Å². The van der Waals surface area contributed by atoms with Crippen LogP contribution in [-0.4, -0.2) is 42.5 Å². The number of anilines is 2. The molecule has 138 valence electrons. The number of hydrogen-bond donors (Lipinski definition) is 1. The van der Waals surface area contributed by atoms with Crippen LogP contribution in [0.1, 0.15) is 24.6 Å². The molecule has 2 N–H and O–H groups in total. The van der Waals surface area contributed by atoms with Crippen LogP contribution in [0, 0.1) is 5.82 Å². The molecule has 1 aliphatic heterocycles. The van der Waals surface area contributed by atoms with Crippen LogP contribution >= 0.6 is 0 Å². The summed E-state index contributed by atoms with van der Waals surface area (Å²) in [6, 6.07) is 4.81. The Morgan fingerprint density at radius 3 is 2.96 bits per heavy atom. The summed E-state index contributed by atoms with van der Waals surface area (Å²) in [7, 11) is 1.91. The second kappa shape index (κ2) is 5.90. The average molecular weight is 366 g/mol. The van der Waals surface area contributed by atoms with Gasteiger partial charge in [0.2, 0.25) is 5.95 Å². The molecule has 1 atom stereocenters. The summed E-state index contributed by atoms with van der Waals surface area (Å²) in [6.07, 6.45) is 5.92. The monoisotopic (exact) mass is 366 g/mol. The van der Waals surface area contributed by atoms with Crippen LogP contribution < -0.4 is 10.6 Å². The standard InChI is InChI=1S/C18H19FN8/c1-25-10-12(8-21-25)26-7-3-4-11(9-26)16-23-17-13-5-2-6-14(19)15(13)22-18(20)27(17)24-16/h2,5-6,8,10-11H,3-4,7,9H2,1H3,(H2,20,22). The molecule has 1 saturated heterocycles. The fourth-order valence-corrected chi connectivity index (χ4v) is 3.80. The Hall–Kier alpha value is -3.23. The Morgan fingerprint density at radius 1 is 1.26 bits per heavy atom. The zero-order valence-electron chi connectivity index (χ0n) is 14.9. The summed E-state index contributed by atoms with van der Waals surface area (Å²) in [5.41, 5.74) is 7.88. The van der Waals surface area contributed by atoms with Crippen molar-refractivity contribution >= 4 is 28.2 Å². The fourth-order valence-electron chi connectivity index (χ4n) is 3.80. The van der Waals surface area contributed by atoms with Gasteiger partial charge in [0.05, 0.1) is 11.9 Å². The number of piperidine rings is 1. The molecular weight excluding hydrogens is 347 g/mol. The molecule has 1 unspecified atom stereocenters. The highest BCUT2D eigenvalue weighted by Crippen LogP contribution is 2.30. The lowest BCUT2D eigenvalue weighted by molar-refractivity contribution is 0.491. The van der Waals surface area contributed by atoms with Gasteiger partial charge < -0.3 is 10.6 Å². The van der Waals surface area contributed by atoms with E-state index < -0.39 is 5.82 Å². The normalized spacial score (nSPS) is 17.9. The van der Waals surface area contributed by atoms with E-state index in [0.29, 0.717) is 16.9 Å². The summed E-state index contributed by atoms with van der Waals surface area (Å²) in [4.78, 5) is 11.2. The lowest BCUT2D eigenvalue weighted by atomic mass is 9.97. The number of nitrogens with two attached hydrogens (primary N) is 1. The zero-order chi connectivity index (χ0) is 18.5. The van der Waals surface area contributed by atoms with E-state index in [1.807, 2.05) is 19.4 Å². The quantitative estimate of drug-likeness (QED) is 0.584. The van der Waals surface area contributed by atoms with Gasteiger partial charge in [0.1, 0.15) is 11.3 Å². The maximum atomic E-state index is 14.1. The maximum Gasteiger partial charge on any atom is 0.223 e. The number of benzene rings is 1. The molecule has 9 heteroatoms. The molecule has 5 rings (SSSR count). The number of aryl methyl sites for hydroxylation is 1. The molecular formula is C18H19FN8. The number of nitrogens with zero attached hydrogens (tertiary/aromatic N) is 7. The Morgan fingerprint density at radius 2 is 2.15 bits per heavy atom. The van der Waals surface area contributed by atoms with Crippen LogP contribution in [0.25, 0.3) is 16.6 Å². The van der Waals surface area contributed by atoms with E-state index in [4.69, 9.17) is 10.7 Å². The van der Waals surface area contributed by atoms with E-state index in [2.05, 4.69) is 20.1 Å². The lowest BCUT2D eigenvalue weighted by Crippen LogP contribution is -2.34. The molecule has 4 aromatic rings. The second-order valence-electron chi connectivity index (χ2n) is 6.97. The highest BCUT2D eigenvalue weighted by molar-refractivity contribution is 5.92. The largest absolute Gasteiger partial charge is 0.368 e. The molecule has 0 saturated carbocycles. The van der Waals surface area contributed by atoms with Crippen molar-refractivity contribution < 1.29 is 4.39 Å². The topological polar surface area (TPSA) is 90.2 Å². The molecule has 27 heavy (non-hydrogen) atoms. The average Bonchev–Trinajstić information content (AvgIpc) is 3.30. The Bertz CT molecular complexity index is 1150. The van der Waals surface area contributed by atoms with Gasteiger partial charge in [-0.25, -0.2) is 14.4 Å². The van der Waals surface area contributed by atoms with Gasteiger partial charge in [-0.3, -0.25) is 4.68 Å². The summed E-state index contributed by atoms with van der Waals surface area (Å²) >= 11 is 0. The van der Waals surface area contributed by atoms with Crippen molar-refractivity contribution in [1.82, 2.24) is 29.4 Å². The smallest absolute Gasteiger partial charge is 0.223 e. The van der Waals surface area contributed by atoms with Gasteiger partial charge in [-0.1, -0.05) is 6.07 Å². The molecule has 4 heterocycles. The Kier molecular flexibility index (Phi) is 3.49. The number of hydrogen-bond acceptors (Lipinski definition) is 6. The van der Waals surface area contributed by atoms with Crippen molar-refractivity contribution in [2.45, 2.75) is 18.8 Å². The molecule has 1 aliphatic rings. The lowest BCUT2D eigenvalue weighted by Gasteiger charge is -2.32. The van der Waals surface area contributed by atoms with E-state index in [9.17, 15) is 4.39 Å². The molecule has 0 bridgehead atoms. The first-order valence-corrected chi connectivity index (χ1v) is 8.94. The van der Waals surface area contributed by atoms with Crippen molar-refractivity contribution in [3.05, 3.63) is 42.2 Å². The van der Waals surface area contributed by atoms with Gasteiger partial charge in [-0.2, -0.15) is 9.61 Å². The van der Waals surface area contributed by atoms with E-state index in [0.717, 1.165) is 31.6 Å². The van der Waals surface area contributed by atoms with Crippen LogP contribution in [0.4, 0.5) is 16.0 Å². The van der Waals surface area contributed by atoms with E-state index in [-0.39, 0.29) is 17.4 Å². The molecule has 0 aliphatic carbocycles. The maximum absolute atomic E-state index is 14.1. The fraction of sp³-hybridized carbons (Fsp3) is 0.333. The summed E-state index contributed by atoms with van der Waals surface area (Å²) in [5, 5.41) is 9.47. The number of para-hydroxylation sites is 1. The van der Waals surface area contributed by atoms with Crippen LogP contribution in [0.5, 0.6) is 0 Å². The van der Waals surface area contributed by atoms with Crippen molar-refractivity contribution in [3.8, 4) is 0 Å². The SMILES string of the molecule is Cn1cc(N2CCCC(c3nc4c5cccc(F)c5nc(N)n4n3)C2)cn1. The van der Waals surface area contributed by atoms with Crippen molar-refractivity contribution in [2.75, 3.05) is 23.7 Å². The number of fused-ring (bicyclic) bond motifs is 3. The van der Waals surface area contributed by atoms with Gasteiger partial charge in [-0.15, -0.1) is 5.10 Å². The summed E-state index contributed by atoms with van der Waals surface area (Å²) in [5.74, 6) is 0.615. The third kappa shape index (κ3) is 2.57.